The van der Waals surface area contributed by atoms with Crippen molar-refractivity contribution in [1.82, 2.24) is 10.2 Å². The number of aryl methyl sites for hydroxylation is 2. The highest BCUT2D eigenvalue weighted by Gasteiger charge is 2.13. The second kappa shape index (κ2) is 5.51. The first-order chi connectivity index (χ1) is 9.11. The summed E-state index contributed by atoms with van der Waals surface area (Å²) >= 11 is 0. The van der Waals surface area contributed by atoms with Crippen molar-refractivity contribution in [3.05, 3.63) is 51.3 Å². The quantitative estimate of drug-likeness (QED) is 0.639. The van der Waals surface area contributed by atoms with E-state index in [1.165, 1.54) is 0 Å². The summed E-state index contributed by atoms with van der Waals surface area (Å²) in [6.45, 7) is 4.43. The molecule has 100 valence electrons. The maximum absolute atomic E-state index is 11.0. The van der Waals surface area contributed by atoms with Gasteiger partial charge in [-0.3, -0.25) is 15.2 Å². The Kier molecular flexibility index (Phi) is 3.79. The first-order valence-electron chi connectivity index (χ1n) is 6.12. The molecule has 0 radical (unpaired) electrons. The van der Waals surface area contributed by atoms with E-state index >= 15 is 0 Å². The van der Waals surface area contributed by atoms with Crippen LogP contribution in [0.4, 0.5) is 11.4 Å². The monoisotopic (exact) mass is 260 g/mol. The molecule has 0 atom stereocenters. The van der Waals surface area contributed by atoms with Crippen molar-refractivity contribution in [3.8, 4) is 0 Å². The standard InChI is InChI=1S/C13H16N4O2/c1-3-10-4-5-12(6-13(10)17(18)19)14-7-11-8-15-16-9(11)2/h4-6,8,14H,3,7H2,1-2H3,(H,15,16). The molecule has 1 aromatic carbocycles. The predicted molar refractivity (Wildman–Crippen MR) is 73.1 cm³/mol. The van der Waals surface area contributed by atoms with Gasteiger partial charge in [0.25, 0.3) is 5.69 Å². The van der Waals surface area contributed by atoms with Crippen molar-refractivity contribution in [2.75, 3.05) is 5.32 Å². The van der Waals surface area contributed by atoms with E-state index < -0.39 is 0 Å². The number of nitrogens with zero attached hydrogens (tertiary/aromatic N) is 2. The van der Waals surface area contributed by atoms with Gasteiger partial charge in [0.1, 0.15) is 0 Å². The number of nitro benzene ring substituents is 1. The molecular weight excluding hydrogens is 244 g/mol. The van der Waals surface area contributed by atoms with Gasteiger partial charge in [0, 0.05) is 35.1 Å². The van der Waals surface area contributed by atoms with Crippen molar-refractivity contribution in [3.63, 3.8) is 0 Å². The first-order valence-corrected chi connectivity index (χ1v) is 6.12. The molecule has 6 nitrogen and oxygen atoms in total. The molecule has 0 bridgehead atoms. The Bertz CT molecular complexity index is 592. The van der Waals surface area contributed by atoms with Crippen LogP contribution in [0.3, 0.4) is 0 Å². The number of aromatic amines is 1. The first kappa shape index (κ1) is 13.1. The van der Waals surface area contributed by atoms with Crippen LogP contribution < -0.4 is 5.32 Å². The highest BCUT2D eigenvalue weighted by atomic mass is 16.6. The molecule has 0 unspecified atom stereocenters. The third-order valence-electron chi connectivity index (χ3n) is 3.08. The minimum atomic E-state index is -0.340. The molecule has 0 saturated carbocycles. The topological polar surface area (TPSA) is 83.8 Å². The van der Waals surface area contributed by atoms with Gasteiger partial charge in [-0.2, -0.15) is 5.10 Å². The molecule has 1 heterocycles. The number of hydrogen-bond acceptors (Lipinski definition) is 4. The number of H-pyrrole nitrogens is 1. The molecule has 0 saturated heterocycles. The van der Waals surface area contributed by atoms with Crippen molar-refractivity contribution in [2.45, 2.75) is 26.8 Å². The second-order valence-electron chi connectivity index (χ2n) is 4.33. The Morgan fingerprint density at radius 3 is 2.79 bits per heavy atom. The van der Waals surface area contributed by atoms with Crippen LogP contribution in [0, 0.1) is 17.0 Å². The molecule has 6 heteroatoms. The van der Waals surface area contributed by atoms with Crippen LogP contribution >= 0.6 is 0 Å². The Morgan fingerprint density at radius 1 is 1.42 bits per heavy atom. The average molecular weight is 260 g/mol. The Hall–Kier alpha value is -2.37. The van der Waals surface area contributed by atoms with E-state index in [9.17, 15) is 10.1 Å². The van der Waals surface area contributed by atoms with Gasteiger partial charge < -0.3 is 5.32 Å². The lowest BCUT2D eigenvalue weighted by Gasteiger charge is -2.07. The van der Waals surface area contributed by atoms with Crippen LogP contribution in [-0.2, 0) is 13.0 Å². The fraction of sp³-hybridized carbons (Fsp3) is 0.308. The van der Waals surface area contributed by atoms with E-state index in [0.717, 1.165) is 22.5 Å². The molecule has 19 heavy (non-hydrogen) atoms. The normalized spacial score (nSPS) is 10.4. The molecule has 0 fully saturated rings. The van der Waals surface area contributed by atoms with E-state index in [4.69, 9.17) is 0 Å². The largest absolute Gasteiger partial charge is 0.381 e. The van der Waals surface area contributed by atoms with Gasteiger partial charge in [0.05, 0.1) is 11.1 Å². The van der Waals surface area contributed by atoms with E-state index in [1.54, 1.807) is 18.3 Å². The fourth-order valence-corrected chi connectivity index (χ4v) is 1.89. The Balaban J connectivity index is 2.15. The summed E-state index contributed by atoms with van der Waals surface area (Å²) in [5.41, 5.74) is 3.69. The summed E-state index contributed by atoms with van der Waals surface area (Å²) in [5.74, 6) is 0. The van der Waals surface area contributed by atoms with Crippen LogP contribution in [-0.4, -0.2) is 15.1 Å². The Morgan fingerprint density at radius 2 is 2.21 bits per heavy atom. The maximum Gasteiger partial charge on any atom is 0.274 e. The summed E-state index contributed by atoms with van der Waals surface area (Å²) < 4.78 is 0. The molecule has 2 N–H and O–H groups in total. The van der Waals surface area contributed by atoms with Crippen LogP contribution in [0.25, 0.3) is 0 Å². The third-order valence-corrected chi connectivity index (χ3v) is 3.08. The lowest BCUT2D eigenvalue weighted by Crippen LogP contribution is -2.02. The van der Waals surface area contributed by atoms with Gasteiger partial charge in [-0.05, 0) is 19.4 Å². The van der Waals surface area contributed by atoms with E-state index in [2.05, 4.69) is 15.5 Å². The SMILES string of the molecule is CCc1ccc(NCc2cn[nH]c2C)cc1[N+](=O)[O-]. The zero-order chi connectivity index (χ0) is 13.8. The van der Waals surface area contributed by atoms with Crippen LogP contribution in [0.2, 0.25) is 0 Å². The third kappa shape index (κ3) is 2.90. The number of anilines is 1. The minimum Gasteiger partial charge on any atom is -0.381 e. The van der Waals surface area contributed by atoms with Crippen LogP contribution in [0.1, 0.15) is 23.7 Å². The van der Waals surface area contributed by atoms with E-state index in [1.807, 2.05) is 19.9 Å². The molecule has 2 rings (SSSR count). The predicted octanol–water partition coefficient (Wildman–Crippen LogP) is 2.80. The number of hydrogen-bond donors (Lipinski definition) is 2. The summed E-state index contributed by atoms with van der Waals surface area (Å²) in [6, 6.07) is 5.23. The molecular formula is C13H16N4O2. The summed E-state index contributed by atoms with van der Waals surface area (Å²) in [5, 5.41) is 20.9. The van der Waals surface area contributed by atoms with Gasteiger partial charge in [-0.15, -0.1) is 0 Å². The van der Waals surface area contributed by atoms with Gasteiger partial charge >= 0.3 is 0 Å². The molecule has 0 amide bonds. The average Bonchev–Trinajstić information content (AvgIpc) is 2.81. The van der Waals surface area contributed by atoms with Crippen molar-refractivity contribution >= 4 is 11.4 Å². The molecule has 0 spiro atoms. The minimum absolute atomic E-state index is 0.163. The van der Waals surface area contributed by atoms with Gasteiger partial charge in [-0.1, -0.05) is 13.0 Å². The number of rotatable bonds is 5. The molecule has 0 aliphatic carbocycles. The van der Waals surface area contributed by atoms with Crippen LogP contribution in [0.5, 0.6) is 0 Å². The fourth-order valence-electron chi connectivity index (χ4n) is 1.89. The van der Waals surface area contributed by atoms with Crippen LogP contribution in [0.15, 0.2) is 24.4 Å². The molecule has 0 aliphatic heterocycles. The van der Waals surface area contributed by atoms with E-state index in [0.29, 0.717) is 13.0 Å². The highest BCUT2D eigenvalue weighted by Crippen LogP contribution is 2.24. The highest BCUT2D eigenvalue weighted by molar-refractivity contribution is 5.55. The summed E-state index contributed by atoms with van der Waals surface area (Å²) in [4.78, 5) is 10.6. The smallest absolute Gasteiger partial charge is 0.274 e. The maximum atomic E-state index is 11.0. The Labute approximate surface area is 111 Å². The summed E-state index contributed by atoms with van der Waals surface area (Å²) in [6.07, 6.45) is 2.40. The lowest BCUT2D eigenvalue weighted by atomic mass is 10.1. The number of aromatic nitrogens is 2. The second-order valence-corrected chi connectivity index (χ2v) is 4.33. The lowest BCUT2D eigenvalue weighted by molar-refractivity contribution is -0.385. The molecule has 2 aromatic rings. The zero-order valence-corrected chi connectivity index (χ0v) is 10.9. The number of nitro groups is 1. The molecule has 0 aliphatic rings. The zero-order valence-electron chi connectivity index (χ0n) is 10.9. The van der Waals surface area contributed by atoms with E-state index in [-0.39, 0.29) is 10.6 Å². The van der Waals surface area contributed by atoms with Gasteiger partial charge in [-0.25, -0.2) is 0 Å². The van der Waals surface area contributed by atoms with Gasteiger partial charge in [0.2, 0.25) is 0 Å². The molecule has 1 aromatic heterocycles. The van der Waals surface area contributed by atoms with Crippen molar-refractivity contribution < 1.29 is 4.92 Å². The number of benzene rings is 1. The van der Waals surface area contributed by atoms with Crippen molar-refractivity contribution in [2.24, 2.45) is 0 Å². The summed E-state index contributed by atoms with van der Waals surface area (Å²) in [7, 11) is 0. The van der Waals surface area contributed by atoms with Crippen molar-refractivity contribution in [1.29, 1.82) is 0 Å². The van der Waals surface area contributed by atoms with Gasteiger partial charge in [0.15, 0.2) is 0 Å². The number of nitrogens with one attached hydrogen (secondary N) is 2.